The van der Waals surface area contributed by atoms with E-state index in [0.717, 1.165) is 33.6 Å². The molecule has 0 saturated heterocycles. The van der Waals surface area contributed by atoms with Gasteiger partial charge in [-0.15, -0.1) is 0 Å². The van der Waals surface area contributed by atoms with E-state index >= 15 is 0 Å². The van der Waals surface area contributed by atoms with Gasteiger partial charge in [0.15, 0.2) is 5.78 Å². The summed E-state index contributed by atoms with van der Waals surface area (Å²) in [5, 5.41) is 21.4. The Bertz CT molecular complexity index is 1070. The van der Waals surface area contributed by atoms with Crippen molar-refractivity contribution < 1.29 is 83.7 Å². The molecule has 9 heteroatoms. The van der Waals surface area contributed by atoms with E-state index in [9.17, 15) is 24.6 Å². The number of anilines is 2. The van der Waals surface area contributed by atoms with Crippen molar-refractivity contribution in [2.75, 3.05) is 37.0 Å². The van der Waals surface area contributed by atoms with Crippen molar-refractivity contribution in [1.29, 1.82) is 0 Å². The van der Waals surface area contributed by atoms with E-state index in [2.05, 4.69) is 6.92 Å². The van der Waals surface area contributed by atoms with Gasteiger partial charge in [-0.3, -0.25) is 4.79 Å². The second kappa shape index (κ2) is 16.3. The van der Waals surface area contributed by atoms with Gasteiger partial charge < -0.3 is 29.6 Å². The molecule has 1 fully saturated rings. The minimum atomic E-state index is -1.08. The molecule has 2 aromatic rings. The number of carboxylic acid groups (broad SMARTS) is 2. The minimum absolute atomic E-state index is 0. The van der Waals surface area contributed by atoms with Crippen LogP contribution in [-0.4, -0.2) is 44.9 Å². The molecule has 0 N–H and O–H groups in total. The Balaban J connectivity index is 0.00000361. The Hall–Kier alpha value is -1.87. The van der Waals surface area contributed by atoms with Crippen molar-refractivity contribution in [2.45, 2.75) is 32.6 Å². The van der Waals surface area contributed by atoms with Crippen LogP contribution in [0.2, 0.25) is 0 Å². The van der Waals surface area contributed by atoms with E-state index in [-0.39, 0.29) is 77.7 Å². The standard InChI is InChI=1S/C29H34N2O5.2Na/c1-20-16-23(18-21-4-8-25(9-5-21)30(2)14-12-27(32)33)29(36)24(17-20)19-22-6-10-26(11-7-22)31(3)15-13-28(34)35;;/h4-11,18-20H,12-17H2,1-3H3,(H,32,33)(H,34,35);;/q;2*+1/p-2/b23-18+,24-19+;;. The molecular formula is C29H32N2Na2O5. The summed E-state index contributed by atoms with van der Waals surface area (Å²) < 4.78 is 0. The van der Waals surface area contributed by atoms with Crippen LogP contribution in [0.1, 0.15) is 43.7 Å². The summed E-state index contributed by atoms with van der Waals surface area (Å²) in [7, 11) is 3.66. The van der Waals surface area contributed by atoms with Crippen molar-refractivity contribution in [2.24, 2.45) is 5.92 Å². The van der Waals surface area contributed by atoms with E-state index in [4.69, 9.17) is 0 Å². The van der Waals surface area contributed by atoms with Crippen molar-refractivity contribution in [3.8, 4) is 0 Å². The average Bonchev–Trinajstić information content (AvgIpc) is 2.84. The van der Waals surface area contributed by atoms with Crippen molar-refractivity contribution in [3.63, 3.8) is 0 Å². The van der Waals surface area contributed by atoms with Gasteiger partial charge in [0.2, 0.25) is 0 Å². The van der Waals surface area contributed by atoms with Crippen LogP contribution in [0.15, 0.2) is 59.7 Å². The van der Waals surface area contributed by atoms with Gasteiger partial charge in [0.25, 0.3) is 0 Å². The van der Waals surface area contributed by atoms with Crippen molar-refractivity contribution in [3.05, 3.63) is 70.8 Å². The molecule has 0 bridgehead atoms. The summed E-state index contributed by atoms with van der Waals surface area (Å²) in [5.74, 6) is -1.76. The molecule has 0 unspecified atom stereocenters. The maximum Gasteiger partial charge on any atom is 1.00 e. The molecule has 0 spiro atoms. The van der Waals surface area contributed by atoms with Gasteiger partial charge in [0.05, 0.1) is 0 Å². The Morgan fingerprint density at radius 2 is 1.11 bits per heavy atom. The number of carbonyl (C=O) groups excluding carboxylic acids is 3. The normalized spacial score (nSPS) is 16.9. The monoisotopic (exact) mass is 534 g/mol. The van der Waals surface area contributed by atoms with Crippen molar-refractivity contribution in [1.82, 2.24) is 0 Å². The molecular weight excluding hydrogens is 502 g/mol. The fraction of sp³-hybridized carbons (Fsp3) is 0.345. The van der Waals surface area contributed by atoms with Crippen LogP contribution >= 0.6 is 0 Å². The van der Waals surface area contributed by atoms with Crippen LogP contribution in [0.4, 0.5) is 11.4 Å². The molecule has 0 atom stereocenters. The number of benzene rings is 2. The number of allylic oxidation sites excluding steroid dienone is 2. The summed E-state index contributed by atoms with van der Waals surface area (Å²) >= 11 is 0. The summed E-state index contributed by atoms with van der Waals surface area (Å²) in [4.78, 5) is 38.3. The van der Waals surface area contributed by atoms with Gasteiger partial charge in [-0.05, 0) is 66.3 Å². The van der Waals surface area contributed by atoms with Gasteiger partial charge >= 0.3 is 59.1 Å². The number of nitrogens with zero attached hydrogens (tertiary/aromatic N) is 2. The maximum atomic E-state index is 13.3. The Morgan fingerprint density at radius 1 is 0.763 bits per heavy atom. The van der Waals surface area contributed by atoms with Crippen molar-refractivity contribution >= 4 is 41.2 Å². The molecule has 1 aliphatic carbocycles. The molecule has 190 valence electrons. The third-order valence-electron chi connectivity index (χ3n) is 6.37. The zero-order valence-corrected chi connectivity index (χ0v) is 27.0. The van der Waals surface area contributed by atoms with Crippen LogP contribution in [0.25, 0.3) is 12.2 Å². The molecule has 0 amide bonds. The minimum Gasteiger partial charge on any atom is -0.550 e. The van der Waals surface area contributed by atoms with Crippen LogP contribution in [0.3, 0.4) is 0 Å². The predicted octanol–water partition coefficient (Wildman–Crippen LogP) is -3.69. The average molecular weight is 535 g/mol. The first-order valence-corrected chi connectivity index (χ1v) is 12.1. The summed E-state index contributed by atoms with van der Waals surface area (Å²) in [6.07, 6.45) is 5.23. The Labute approximate surface area is 269 Å². The molecule has 1 saturated carbocycles. The number of carbonyl (C=O) groups is 3. The number of hydrogen-bond donors (Lipinski definition) is 0. The second-order valence-electron chi connectivity index (χ2n) is 9.45. The number of hydrogen-bond acceptors (Lipinski definition) is 7. The number of aliphatic carboxylic acids is 2. The van der Waals surface area contributed by atoms with Crippen LogP contribution in [0.5, 0.6) is 0 Å². The van der Waals surface area contributed by atoms with Gasteiger partial charge in [0, 0.05) is 74.5 Å². The number of ketones is 1. The number of Topliss-reactive ketones (excluding diaryl/α,β-unsaturated/α-hetero) is 1. The number of carboxylic acids is 2. The Morgan fingerprint density at radius 3 is 1.42 bits per heavy atom. The molecule has 3 rings (SSSR count). The molecule has 38 heavy (non-hydrogen) atoms. The van der Waals surface area contributed by atoms with Gasteiger partial charge in [0.1, 0.15) is 0 Å². The second-order valence-corrected chi connectivity index (χ2v) is 9.45. The Kier molecular flexibility index (Phi) is 14.6. The van der Waals surface area contributed by atoms with E-state index in [1.807, 2.05) is 84.6 Å². The van der Waals surface area contributed by atoms with Gasteiger partial charge in [-0.2, -0.15) is 0 Å². The molecule has 0 radical (unpaired) electrons. The van der Waals surface area contributed by atoms with Gasteiger partial charge in [-0.25, -0.2) is 0 Å². The summed E-state index contributed by atoms with van der Waals surface area (Å²) in [6, 6.07) is 15.4. The zero-order chi connectivity index (χ0) is 26.2. The molecule has 0 heterocycles. The molecule has 0 aromatic heterocycles. The fourth-order valence-electron chi connectivity index (χ4n) is 4.29. The number of rotatable bonds is 10. The van der Waals surface area contributed by atoms with Crippen LogP contribution < -0.4 is 79.1 Å². The van der Waals surface area contributed by atoms with Gasteiger partial charge in [-0.1, -0.05) is 31.2 Å². The molecule has 0 aliphatic heterocycles. The summed E-state index contributed by atoms with van der Waals surface area (Å²) in [6.45, 7) is 2.87. The molecule has 2 aromatic carbocycles. The topological polar surface area (TPSA) is 104 Å². The van der Waals surface area contributed by atoms with E-state index in [1.54, 1.807) is 0 Å². The first-order valence-electron chi connectivity index (χ1n) is 12.1. The predicted molar refractivity (Wildman–Crippen MR) is 138 cm³/mol. The summed E-state index contributed by atoms with van der Waals surface area (Å²) in [5.41, 5.74) is 5.20. The molecule has 7 nitrogen and oxygen atoms in total. The van der Waals surface area contributed by atoms with E-state index in [0.29, 0.717) is 31.8 Å². The SMILES string of the molecule is CC1C/C(=C\c2ccc(N(C)CCC(=O)[O-])cc2)C(=O)/C(=C/c2ccc(N(C)CCC(=O)[O-])cc2)C1.[Na+].[Na+]. The van der Waals surface area contributed by atoms with Crippen LogP contribution in [-0.2, 0) is 14.4 Å². The zero-order valence-electron chi connectivity index (χ0n) is 23.0. The van der Waals surface area contributed by atoms with E-state index < -0.39 is 11.9 Å². The molecule has 1 aliphatic rings. The quantitative estimate of drug-likeness (QED) is 0.229. The largest absolute Gasteiger partial charge is 1.00 e. The maximum absolute atomic E-state index is 13.3. The third kappa shape index (κ3) is 10.4. The van der Waals surface area contributed by atoms with Crippen LogP contribution in [0, 0.1) is 5.92 Å². The first kappa shape index (κ1) is 34.2. The van der Waals surface area contributed by atoms with E-state index in [1.165, 1.54) is 0 Å². The first-order chi connectivity index (χ1) is 17.1. The third-order valence-corrected chi connectivity index (χ3v) is 6.37. The smallest absolute Gasteiger partial charge is 0.550 e. The fourth-order valence-corrected chi connectivity index (χ4v) is 4.29.